The first kappa shape index (κ1) is 16.3. The van der Waals surface area contributed by atoms with Gasteiger partial charge in [0.25, 0.3) is 5.24 Å². The normalized spacial score (nSPS) is 17.4. The predicted octanol–water partition coefficient (Wildman–Crippen LogP) is 2.14. The molecule has 1 saturated heterocycles. The lowest BCUT2D eigenvalue weighted by Crippen LogP contribution is -2.33. The Hall–Kier alpha value is -2.08. The first-order valence-electron chi connectivity index (χ1n) is 6.83. The van der Waals surface area contributed by atoms with Gasteiger partial charge in [0.2, 0.25) is 5.91 Å². The first-order valence-corrected chi connectivity index (χ1v) is 7.21. The van der Waals surface area contributed by atoms with Crippen LogP contribution in [0.3, 0.4) is 0 Å². The van der Waals surface area contributed by atoms with Gasteiger partial charge in [-0.15, -0.1) is 0 Å². The molecular weight excluding hydrogens is 308 g/mol. The zero-order chi connectivity index (χ0) is 16.4. The standard InChI is InChI=1S/C15H17ClN2O4/c1-8-4-11(5-9(2)13(8)14(16)20)18-7-12(22-15(18)21)6-17-10(3)19/h4-5,12H,6-7H2,1-3H3,(H,17,19). The Labute approximate surface area is 133 Å². The van der Waals surface area contributed by atoms with Crippen molar-refractivity contribution < 1.29 is 19.1 Å². The number of rotatable bonds is 4. The van der Waals surface area contributed by atoms with E-state index in [-0.39, 0.29) is 12.5 Å². The van der Waals surface area contributed by atoms with E-state index in [2.05, 4.69) is 5.32 Å². The summed E-state index contributed by atoms with van der Waals surface area (Å²) < 4.78 is 5.22. The molecule has 1 aromatic carbocycles. The molecule has 118 valence electrons. The number of carbonyl (C=O) groups excluding carboxylic acids is 3. The van der Waals surface area contributed by atoms with Crippen molar-refractivity contribution in [3.8, 4) is 0 Å². The lowest BCUT2D eigenvalue weighted by Gasteiger charge is -2.16. The fraction of sp³-hybridized carbons (Fsp3) is 0.400. The summed E-state index contributed by atoms with van der Waals surface area (Å²) in [6.45, 7) is 5.55. The van der Waals surface area contributed by atoms with Crippen LogP contribution in [-0.4, -0.2) is 36.4 Å². The number of nitrogens with zero attached hydrogens (tertiary/aromatic N) is 1. The van der Waals surface area contributed by atoms with Crippen LogP contribution in [-0.2, 0) is 9.53 Å². The van der Waals surface area contributed by atoms with Crippen LogP contribution in [0.4, 0.5) is 10.5 Å². The van der Waals surface area contributed by atoms with Crippen molar-refractivity contribution in [3.63, 3.8) is 0 Å². The van der Waals surface area contributed by atoms with E-state index in [1.54, 1.807) is 26.0 Å². The van der Waals surface area contributed by atoms with Gasteiger partial charge in [0.15, 0.2) is 0 Å². The molecule has 0 saturated carbocycles. The second kappa shape index (κ2) is 6.36. The predicted molar refractivity (Wildman–Crippen MR) is 82.4 cm³/mol. The van der Waals surface area contributed by atoms with Gasteiger partial charge in [0.05, 0.1) is 13.1 Å². The van der Waals surface area contributed by atoms with Crippen LogP contribution in [0.5, 0.6) is 0 Å². The van der Waals surface area contributed by atoms with E-state index in [9.17, 15) is 14.4 Å². The highest BCUT2D eigenvalue weighted by Gasteiger charge is 2.32. The number of ether oxygens (including phenoxy) is 1. The monoisotopic (exact) mass is 324 g/mol. The van der Waals surface area contributed by atoms with Crippen molar-refractivity contribution in [2.24, 2.45) is 0 Å². The van der Waals surface area contributed by atoms with Crippen molar-refractivity contribution >= 4 is 34.5 Å². The Morgan fingerprint density at radius 1 is 1.36 bits per heavy atom. The maximum Gasteiger partial charge on any atom is 0.414 e. The Morgan fingerprint density at radius 3 is 2.45 bits per heavy atom. The van der Waals surface area contributed by atoms with Gasteiger partial charge in [-0.2, -0.15) is 0 Å². The van der Waals surface area contributed by atoms with Crippen molar-refractivity contribution in [1.82, 2.24) is 5.32 Å². The number of anilines is 1. The minimum Gasteiger partial charge on any atom is -0.442 e. The summed E-state index contributed by atoms with van der Waals surface area (Å²) in [6.07, 6.45) is -0.870. The SMILES string of the molecule is CC(=O)NCC1CN(c2cc(C)c(C(=O)Cl)c(C)c2)C(=O)O1. The molecule has 0 radical (unpaired) electrons. The summed E-state index contributed by atoms with van der Waals surface area (Å²) in [5, 5.41) is 2.10. The molecule has 1 aromatic rings. The van der Waals surface area contributed by atoms with Gasteiger partial charge in [0, 0.05) is 18.2 Å². The average molecular weight is 325 g/mol. The van der Waals surface area contributed by atoms with Crippen molar-refractivity contribution in [2.45, 2.75) is 26.9 Å². The summed E-state index contributed by atoms with van der Waals surface area (Å²) in [6, 6.07) is 3.45. The maximum absolute atomic E-state index is 12.0. The largest absolute Gasteiger partial charge is 0.442 e. The van der Waals surface area contributed by atoms with Crippen LogP contribution < -0.4 is 10.2 Å². The van der Waals surface area contributed by atoms with Crippen molar-refractivity contribution in [3.05, 3.63) is 28.8 Å². The second-order valence-electron chi connectivity index (χ2n) is 5.28. The van der Waals surface area contributed by atoms with Gasteiger partial charge in [-0.05, 0) is 48.7 Å². The smallest absolute Gasteiger partial charge is 0.414 e. The van der Waals surface area contributed by atoms with Crippen LogP contribution >= 0.6 is 11.6 Å². The zero-order valence-electron chi connectivity index (χ0n) is 12.6. The first-order chi connectivity index (χ1) is 10.3. The van der Waals surface area contributed by atoms with E-state index in [1.807, 2.05) is 0 Å². The Kier molecular flexibility index (Phi) is 4.71. The highest BCUT2D eigenvalue weighted by atomic mass is 35.5. The van der Waals surface area contributed by atoms with Crippen molar-refractivity contribution in [1.29, 1.82) is 0 Å². The lowest BCUT2D eigenvalue weighted by molar-refractivity contribution is -0.119. The molecule has 1 fully saturated rings. The number of hydrogen-bond donors (Lipinski definition) is 1. The number of halogens is 1. The summed E-state index contributed by atoms with van der Waals surface area (Å²) in [5.41, 5.74) is 2.50. The second-order valence-corrected chi connectivity index (χ2v) is 5.63. The topological polar surface area (TPSA) is 75.7 Å². The van der Waals surface area contributed by atoms with Gasteiger partial charge in [-0.25, -0.2) is 4.79 Å². The number of carbonyl (C=O) groups is 3. The number of amides is 2. The third-order valence-corrected chi connectivity index (χ3v) is 3.67. The molecule has 1 atom stereocenters. The van der Waals surface area contributed by atoms with Gasteiger partial charge < -0.3 is 10.1 Å². The molecule has 0 aliphatic carbocycles. The molecule has 0 aromatic heterocycles. The van der Waals surface area contributed by atoms with Crippen LogP contribution in [0, 0.1) is 13.8 Å². The van der Waals surface area contributed by atoms with Gasteiger partial charge >= 0.3 is 6.09 Å². The fourth-order valence-corrected chi connectivity index (χ4v) is 2.80. The molecule has 1 N–H and O–H groups in total. The summed E-state index contributed by atoms with van der Waals surface area (Å²) in [5.74, 6) is -0.175. The lowest BCUT2D eigenvalue weighted by atomic mass is 10.0. The number of cyclic esters (lactones) is 1. The summed E-state index contributed by atoms with van der Waals surface area (Å²) >= 11 is 5.56. The third-order valence-electron chi connectivity index (χ3n) is 3.48. The molecule has 1 heterocycles. The van der Waals surface area contributed by atoms with Gasteiger partial charge in [-0.1, -0.05) is 0 Å². The molecule has 0 spiro atoms. The van der Waals surface area contributed by atoms with Gasteiger partial charge in [-0.3, -0.25) is 14.5 Å². The average Bonchev–Trinajstić information content (AvgIpc) is 2.76. The van der Waals surface area contributed by atoms with E-state index in [0.29, 0.717) is 28.9 Å². The van der Waals surface area contributed by atoms with Crippen LogP contribution in [0.1, 0.15) is 28.4 Å². The molecule has 1 aliphatic rings. The molecule has 22 heavy (non-hydrogen) atoms. The molecule has 7 heteroatoms. The highest BCUT2D eigenvalue weighted by Crippen LogP contribution is 2.27. The van der Waals surface area contributed by atoms with Crippen LogP contribution in [0.2, 0.25) is 0 Å². The summed E-state index contributed by atoms with van der Waals surface area (Å²) in [4.78, 5) is 35.8. The minimum absolute atomic E-state index is 0.175. The van der Waals surface area contributed by atoms with Crippen LogP contribution in [0.15, 0.2) is 12.1 Å². The zero-order valence-corrected chi connectivity index (χ0v) is 13.4. The van der Waals surface area contributed by atoms with Gasteiger partial charge in [0.1, 0.15) is 6.10 Å². The van der Waals surface area contributed by atoms with E-state index >= 15 is 0 Å². The number of hydrogen-bond acceptors (Lipinski definition) is 4. The fourth-order valence-electron chi connectivity index (χ4n) is 2.50. The number of benzene rings is 1. The van der Waals surface area contributed by atoms with E-state index < -0.39 is 17.4 Å². The van der Waals surface area contributed by atoms with E-state index in [0.717, 1.165) is 0 Å². The maximum atomic E-state index is 12.0. The molecule has 1 unspecified atom stereocenters. The highest BCUT2D eigenvalue weighted by molar-refractivity contribution is 6.68. The molecule has 2 rings (SSSR count). The minimum atomic E-state index is -0.519. The van der Waals surface area contributed by atoms with E-state index in [4.69, 9.17) is 16.3 Å². The Morgan fingerprint density at radius 2 is 1.95 bits per heavy atom. The third kappa shape index (κ3) is 3.39. The number of nitrogens with one attached hydrogen (secondary N) is 1. The Bertz CT molecular complexity index is 621. The molecule has 0 bridgehead atoms. The molecule has 6 nitrogen and oxygen atoms in total. The summed E-state index contributed by atoms with van der Waals surface area (Å²) in [7, 11) is 0. The molecular formula is C15H17ClN2O4. The van der Waals surface area contributed by atoms with E-state index in [1.165, 1.54) is 11.8 Å². The quantitative estimate of drug-likeness (QED) is 0.861. The van der Waals surface area contributed by atoms with Crippen LogP contribution in [0.25, 0.3) is 0 Å². The molecule has 1 aliphatic heterocycles. The van der Waals surface area contributed by atoms with Crippen molar-refractivity contribution in [2.75, 3.05) is 18.0 Å². The number of aryl methyl sites for hydroxylation is 2. The Balaban J connectivity index is 2.20. The molecule has 2 amide bonds.